The van der Waals surface area contributed by atoms with E-state index in [4.69, 9.17) is 21.4 Å². The normalized spacial score (nSPS) is 13.5. The molecule has 0 heterocycles. The van der Waals surface area contributed by atoms with Gasteiger partial charge in [-0.2, -0.15) is 0 Å². The molecule has 0 fully saturated rings. The number of hydrogen-bond acceptors (Lipinski definition) is 5. The number of rotatable bonds is 9. The second kappa shape index (κ2) is 10.7. The number of benzene rings is 2. The van der Waals surface area contributed by atoms with Crippen molar-refractivity contribution in [3.63, 3.8) is 0 Å². The smallest absolute Gasteiger partial charge is 0.407 e. The van der Waals surface area contributed by atoms with Gasteiger partial charge in [0, 0.05) is 29.7 Å². The van der Waals surface area contributed by atoms with E-state index in [0.29, 0.717) is 11.4 Å². The molecule has 2 N–H and O–H groups in total. The predicted molar refractivity (Wildman–Crippen MR) is 108 cm³/mol. The van der Waals surface area contributed by atoms with Gasteiger partial charge in [0.1, 0.15) is 11.6 Å². The van der Waals surface area contributed by atoms with Gasteiger partial charge in [-0.15, -0.1) is 0 Å². The molecule has 0 aliphatic carbocycles. The molecular weight excluding hydrogens is 440 g/mol. The Balaban J connectivity index is 2.35. The fourth-order valence-corrected chi connectivity index (χ4v) is 5.04. The number of ether oxygens (including phenoxy) is 1. The maximum Gasteiger partial charge on any atom is 0.407 e. The summed E-state index contributed by atoms with van der Waals surface area (Å²) in [6.45, 7) is 1.16. The number of carbonyl (C=O) groups excluding carboxylic acids is 1. The molecule has 10 heteroatoms. The average molecular weight is 462 g/mol. The highest BCUT2D eigenvalue weighted by atomic mass is 35.5. The summed E-state index contributed by atoms with van der Waals surface area (Å²) in [6, 6.07) is 7.87. The maximum atomic E-state index is 14.5. The van der Waals surface area contributed by atoms with Crippen LogP contribution in [0, 0.1) is 17.6 Å². The second-order valence-electron chi connectivity index (χ2n) is 6.67. The molecule has 0 spiro atoms. The van der Waals surface area contributed by atoms with E-state index in [1.807, 2.05) is 0 Å². The third kappa shape index (κ3) is 6.13. The van der Waals surface area contributed by atoms with Crippen molar-refractivity contribution in [3.05, 3.63) is 64.7 Å². The van der Waals surface area contributed by atoms with Crippen molar-refractivity contribution < 1.29 is 31.8 Å². The first kappa shape index (κ1) is 24.0. The zero-order valence-corrected chi connectivity index (χ0v) is 17.7. The van der Waals surface area contributed by atoms with E-state index in [9.17, 15) is 22.0 Å². The highest BCUT2D eigenvalue weighted by Crippen LogP contribution is 2.37. The first-order valence-electron chi connectivity index (χ1n) is 9.12. The Morgan fingerprint density at radius 1 is 1.20 bits per heavy atom. The molecule has 0 aliphatic rings. The minimum absolute atomic E-state index is 0.114. The molecule has 0 saturated heterocycles. The minimum Gasteiger partial charge on any atom is -0.449 e. The van der Waals surface area contributed by atoms with Crippen LogP contribution in [-0.2, 0) is 14.6 Å². The fourth-order valence-electron chi connectivity index (χ4n) is 2.90. The zero-order chi connectivity index (χ0) is 22.3. The van der Waals surface area contributed by atoms with Crippen LogP contribution in [0.5, 0.6) is 0 Å². The van der Waals surface area contributed by atoms with Gasteiger partial charge in [-0.1, -0.05) is 18.5 Å². The van der Waals surface area contributed by atoms with Crippen LogP contribution in [0.4, 0.5) is 13.6 Å². The van der Waals surface area contributed by atoms with Crippen LogP contribution in [0.1, 0.15) is 24.2 Å². The Labute approximate surface area is 178 Å². The van der Waals surface area contributed by atoms with E-state index >= 15 is 0 Å². The lowest BCUT2D eigenvalue weighted by molar-refractivity contribution is 0.127. The van der Waals surface area contributed by atoms with E-state index in [-0.39, 0.29) is 30.2 Å². The Hall–Kier alpha value is -2.23. The zero-order valence-electron chi connectivity index (χ0n) is 16.1. The number of carbonyl (C=O) groups is 1. The third-order valence-electron chi connectivity index (χ3n) is 4.34. The molecular formula is C20H22ClF2NO5S. The second-order valence-corrected chi connectivity index (χ2v) is 9.17. The Morgan fingerprint density at radius 2 is 1.87 bits per heavy atom. The van der Waals surface area contributed by atoms with E-state index < -0.39 is 38.7 Å². The monoisotopic (exact) mass is 461 g/mol. The highest BCUT2D eigenvalue weighted by molar-refractivity contribution is 7.91. The Bertz CT molecular complexity index is 970. The van der Waals surface area contributed by atoms with Gasteiger partial charge in [-0.25, -0.2) is 22.0 Å². The molecule has 0 aromatic heterocycles. The number of alkyl carbamates (subject to hydrolysis) is 1. The summed E-state index contributed by atoms with van der Waals surface area (Å²) in [5.41, 5.74) is -0.360. The molecule has 6 nitrogen and oxygen atoms in total. The molecule has 2 aromatic carbocycles. The van der Waals surface area contributed by atoms with Crippen LogP contribution >= 0.6 is 11.6 Å². The third-order valence-corrected chi connectivity index (χ3v) is 6.91. The van der Waals surface area contributed by atoms with Gasteiger partial charge in [0.05, 0.1) is 16.8 Å². The summed E-state index contributed by atoms with van der Waals surface area (Å²) in [4.78, 5) is 11.6. The van der Waals surface area contributed by atoms with Crippen LogP contribution in [0.15, 0.2) is 47.4 Å². The number of sulfone groups is 1. The van der Waals surface area contributed by atoms with E-state index in [2.05, 4.69) is 5.32 Å². The summed E-state index contributed by atoms with van der Waals surface area (Å²) in [5.74, 6) is -2.60. The molecule has 1 amide bonds. The number of hydrogen-bond donors (Lipinski definition) is 2. The standard InChI is InChI=1S/C20H22ClF2NO5S/c1-13(12-29-20(26)24-9-2-10-25)19(17-11-15(22)5-8-18(17)23)30(27,28)16-6-3-14(21)4-7-16/h3-8,11,13,19,25H,2,9-10,12H2,1H3,(H,24,26)/t13-,19+/m1/s1. The number of amides is 1. The largest absolute Gasteiger partial charge is 0.449 e. The van der Waals surface area contributed by atoms with Crippen LogP contribution in [-0.4, -0.2) is 39.4 Å². The van der Waals surface area contributed by atoms with Crippen molar-refractivity contribution in [2.75, 3.05) is 19.8 Å². The fraction of sp³-hybridized carbons (Fsp3) is 0.350. The van der Waals surface area contributed by atoms with E-state index in [1.165, 1.54) is 31.2 Å². The molecule has 30 heavy (non-hydrogen) atoms. The summed E-state index contributed by atoms with van der Waals surface area (Å²) in [5, 5.41) is 9.93. The van der Waals surface area contributed by atoms with Gasteiger partial charge in [0.25, 0.3) is 0 Å². The van der Waals surface area contributed by atoms with E-state index in [1.54, 1.807) is 0 Å². The predicted octanol–water partition coefficient (Wildman–Crippen LogP) is 3.88. The molecule has 164 valence electrons. The van der Waals surface area contributed by atoms with Gasteiger partial charge >= 0.3 is 6.09 Å². The lowest BCUT2D eigenvalue weighted by Crippen LogP contribution is -2.30. The Kier molecular flexibility index (Phi) is 8.57. The molecule has 2 aromatic rings. The molecule has 0 aliphatic heterocycles. The van der Waals surface area contributed by atoms with Crippen LogP contribution in [0.2, 0.25) is 5.02 Å². The minimum atomic E-state index is -4.19. The quantitative estimate of drug-likeness (QED) is 0.553. The van der Waals surface area contributed by atoms with Gasteiger partial charge < -0.3 is 15.2 Å². The number of aliphatic hydroxyl groups excluding tert-OH is 1. The summed E-state index contributed by atoms with van der Waals surface area (Å²) in [6.07, 6.45) is -0.482. The van der Waals surface area contributed by atoms with E-state index in [0.717, 1.165) is 18.2 Å². The van der Waals surface area contributed by atoms with Gasteiger partial charge in [0.15, 0.2) is 9.84 Å². The average Bonchev–Trinajstić information content (AvgIpc) is 2.69. The van der Waals surface area contributed by atoms with Crippen LogP contribution in [0.25, 0.3) is 0 Å². The lowest BCUT2D eigenvalue weighted by atomic mass is 10.0. The van der Waals surface area contributed by atoms with Crippen molar-refractivity contribution in [2.45, 2.75) is 23.5 Å². The molecule has 0 unspecified atom stereocenters. The SMILES string of the molecule is C[C@H](COC(=O)NCCCO)[C@@H](c1cc(F)ccc1F)S(=O)(=O)c1ccc(Cl)cc1. The molecule has 2 rings (SSSR count). The number of halogens is 3. The maximum absolute atomic E-state index is 14.5. The molecule has 2 atom stereocenters. The van der Waals surface area contributed by atoms with Gasteiger partial charge in [-0.05, 0) is 48.9 Å². The number of nitrogens with one attached hydrogen (secondary N) is 1. The van der Waals surface area contributed by atoms with Crippen molar-refractivity contribution in [3.8, 4) is 0 Å². The first-order valence-corrected chi connectivity index (χ1v) is 11.0. The van der Waals surface area contributed by atoms with Gasteiger partial charge in [-0.3, -0.25) is 0 Å². The lowest BCUT2D eigenvalue weighted by Gasteiger charge is -2.25. The Morgan fingerprint density at radius 3 is 2.50 bits per heavy atom. The molecule has 0 bridgehead atoms. The van der Waals surface area contributed by atoms with Crippen LogP contribution in [0.3, 0.4) is 0 Å². The molecule has 0 radical (unpaired) electrons. The van der Waals surface area contributed by atoms with Crippen LogP contribution < -0.4 is 5.32 Å². The first-order chi connectivity index (χ1) is 14.2. The number of aliphatic hydroxyl groups is 1. The van der Waals surface area contributed by atoms with Crippen molar-refractivity contribution in [1.82, 2.24) is 5.32 Å². The van der Waals surface area contributed by atoms with Crippen molar-refractivity contribution in [2.24, 2.45) is 5.92 Å². The highest BCUT2D eigenvalue weighted by Gasteiger charge is 2.36. The summed E-state index contributed by atoms with van der Waals surface area (Å²) >= 11 is 5.82. The van der Waals surface area contributed by atoms with Crippen molar-refractivity contribution >= 4 is 27.5 Å². The van der Waals surface area contributed by atoms with Crippen molar-refractivity contribution in [1.29, 1.82) is 0 Å². The summed E-state index contributed by atoms with van der Waals surface area (Å²) < 4.78 is 59.9. The summed E-state index contributed by atoms with van der Waals surface area (Å²) in [7, 11) is -4.19. The topological polar surface area (TPSA) is 92.7 Å². The van der Waals surface area contributed by atoms with Gasteiger partial charge in [0.2, 0.25) is 0 Å². The molecule has 0 saturated carbocycles.